The quantitative estimate of drug-likeness (QED) is 0.513. The zero-order valence-electron chi connectivity index (χ0n) is 12.2. The smallest absolute Gasteiger partial charge is 0.270 e. The zero-order chi connectivity index (χ0) is 15.4. The summed E-state index contributed by atoms with van der Waals surface area (Å²) in [5.74, 6) is 4.56. The molecule has 1 atom stereocenters. The van der Waals surface area contributed by atoms with E-state index in [2.05, 4.69) is 0 Å². The van der Waals surface area contributed by atoms with Gasteiger partial charge in [0.05, 0.1) is 5.69 Å². The number of nitrogens with zero attached hydrogens (tertiary/aromatic N) is 1. The second kappa shape index (κ2) is 6.37. The summed E-state index contributed by atoms with van der Waals surface area (Å²) in [6, 6.07) is 12.9. The number of nitrogen functional groups attached to an aromatic ring is 1. The number of carbonyl (C=O) groups excluding carboxylic acids is 1. The SMILES string of the molecule is CCC(C)n1c(-c2ccccc2)ccc(C(=O)NN)c1=O. The molecule has 2 aromatic rings. The summed E-state index contributed by atoms with van der Waals surface area (Å²) in [4.78, 5) is 24.3. The van der Waals surface area contributed by atoms with Gasteiger partial charge in [-0.2, -0.15) is 0 Å². The van der Waals surface area contributed by atoms with Crippen LogP contribution >= 0.6 is 0 Å². The van der Waals surface area contributed by atoms with Crippen molar-refractivity contribution in [3.63, 3.8) is 0 Å². The molecular weight excluding hydrogens is 266 g/mol. The molecular formula is C16H19N3O2. The van der Waals surface area contributed by atoms with Crippen LogP contribution in [0.4, 0.5) is 0 Å². The molecule has 1 unspecified atom stereocenters. The van der Waals surface area contributed by atoms with Gasteiger partial charge in [-0.3, -0.25) is 15.0 Å². The maximum Gasteiger partial charge on any atom is 0.270 e. The van der Waals surface area contributed by atoms with Gasteiger partial charge in [-0.05, 0) is 31.0 Å². The van der Waals surface area contributed by atoms with Crippen LogP contribution in [-0.2, 0) is 0 Å². The predicted octanol–water partition coefficient (Wildman–Crippen LogP) is 2.09. The van der Waals surface area contributed by atoms with E-state index in [1.807, 2.05) is 49.6 Å². The molecule has 5 heteroatoms. The number of hydrazine groups is 1. The lowest BCUT2D eigenvalue weighted by Gasteiger charge is -2.19. The van der Waals surface area contributed by atoms with Gasteiger partial charge in [0, 0.05) is 6.04 Å². The fourth-order valence-electron chi connectivity index (χ4n) is 2.27. The Balaban J connectivity index is 2.70. The van der Waals surface area contributed by atoms with Crippen LogP contribution in [0.3, 0.4) is 0 Å². The highest BCUT2D eigenvalue weighted by Crippen LogP contribution is 2.22. The number of hydrogen-bond acceptors (Lipinski definition) is 3. The van der Waals surface area contributed by atoms with Crippen LogP contribution in [0.5, 0.6) is 0 Å². The summed E-state index contributed by atoms with van der Waals surface area (Å²) in [6.07, 6.45) is 0.785. The molecule has 0 saturated carbocycles. The first-order valence-electron chi connectivity index (χ1n) is 6.92. The third-order valence-corrected chi connectivity index (χ3v) is 3.59. The number of aromatic nitrogens is 1. The van der Waals surface area contributed by atoms with Gasteiger partial charge in [-0.1, -0.05) is 37.3 Å². The van der Waals surface area contributed by atoms with Crippen LogP contribution in [-0.4, -0.2) is 10.5 Å². The van der Waals surface area contributed by atoms with Gasteiger partial charge in [0.15, 0.2) is 0 Å². The lowest BCUT2D eigenvalue weighted by atomic mass is 10.1. The monoisotopic (exact) mass is 285 g/mol. The molecule has 21 heavy (non-hydrogen) atoms. The molecule has 0 aliphatic rings. The first-order chi connectivity index (χ1) is 10.1. The van der Waals surface area contributed by atoms with Crippen molar-refractivity contribution in [2.24, 2.45) is 5.84 Å². The molecule has 1 heterocycles. The number of benzene rings is 1. The number of rotatable bonds is 4. The van der Waals surface area contributed by atoms with E-state index in [1.165, 1.54) is 6.07 Å². The summed E-state index contributed by atoms with van der Waals surface area (Å²) in [7, 11) is 0. The third-order valence-electron chi connectivity index (χ3n) is 3.59. The van der Waals surface area contributed by atoms with Gasteiger partial charge in [0.2, 0.25) is 0 Å². The molecule has 110 valence electrons. The normalized spacial score (nSPS) is 12.0. The predicted molar refractivity (Wildman–Crippen MR) is 82.8 cm³/mol. The third kappa shape index (κ3) is 2.87. The van der Waals surface area contributed by atoms with Crippen LogP contribution in [0.1, 0.15) is 36.7 Å². The topological polar surface area (TPSA) is 77.1 Å². The molecule has 2 rings (SSSR count). The second-order valence-electron chi connectivity index (χ2n) is 4.90. The minimum atomic E-state index is -0.573. The Kier molecular flexibility index (Phi) is 4.55. The van der Waals surface area contributed by atoms with Crippen molar-refractivity contribution < 1.29 is 4.79 Å². The van der Waals surface area contributed by atoms with Gasteiger partial charge in [-0.15, -0.1) is 0 Å². The largest absolute Gasteiger partial charge is 0.305 e. The summed E-state index contributed by atoms with van der Waals surface area (Å²) in [5.41, 5.74) is 3.48. The molecule has 0 radical (unpaired) electrons. The molecule has 0 fully saturated rings. The Bertz CT molecular complexity index is 692. The molecule has 0 aliphatic carbocycles. The molecule has 0 aliphatic heterocycles. The van der Waals surface area contributed by atoms with E-state index in [9.17, 15) is 9.59 Å². The maximum absolute atomic E-state index is 12.6. The Morgan fingerprint density at radius 2 is 1.90 bits per heavy atom. The van der Waals surface area contributed by atoms with Crippen LogP contribution in [0.2, 0.25) is 0 Å². The summed E-state index contributed by atoms with van der Waals surface area (Å²) in [6.45, 7) is 3.96. The molecule has 1 aromatic heterocycles. The Labute approximate surface area is 123 Å². The second-order valence-corrected chi connectivity index (χ2v) is 4.90. The molecule has 1 aromatic carbocycles. The van der Waals surface area contributed by atoms with Gasteiger partial charge in [-0.25, -0.2) is 5.84 Å². The number of hydrogen-bond donors (Lipinski definition) is 2. The van der Waals surface area contributed by atoms with E-state index >= 15 is 0 Å². The summed E-state index contributed by atoms with van der Waals surface area (Å²) < 4.78 is 1.65. The van der Waals surface area contributed by atoms with E-state index in [1.54, 1.807) is 10.6 Å². The fraction of sp³-hybridized carbons (Fsp3) is 0.250. The molecule has 0 saturated heterocycles. The molecule has 3 N–H and O–H groups in total. The fourth-order valence-corrected chi connectivity index (χ4v) is 2.27. The van der Waals surface area contributed by atoms with Gasteiger partial charge in [0.25, 0.3) is 11.5 Å². The number of nitrogens with one attached hydrogen (secondary N) is 1. The van der Waals surface area contributed by atoms with E-state index in [-0.39, 0.29) is 17.2 Å². The zero-order valence-corrected chi connectivity index (χ0v) is 12.2. The van der Waals surface area contributed by atoms with Crippen molar-refractivity contribution in [3.8, 4) is 11.3 Å². The average molecular weight is 285 g/mol. The van der Waals surface area contributed by atoms with Crippen LogP contribution in [0.15, 0.2) is 47.3 Å². The highest BCUT2D eigenvalue weighted by Gasteiger charge is 2.17. The lowest BCUT2D eigenvalue weighted by molar-refractivity contribution is 0.0951. The minimum absolute atomic E-state index is 0.0155. The van der Waals surface area contributed by atoms with Crippen molar-refractivity contribution in [3.05, 3.63) is 58.4 Å². The van der Waals surface area contributed by atoms with Crippen molar-refractivity contribution >= 4 is 5.91 Å². The number of amides is 1. The highest BCUT2D eigenvalue weighted by molar-refractivity contribution is 5.93. The van der Waals surface area contributed by atoms with Crippen molar-refractivity contribution in [2.75, 3.05) is 0 Å². The molecule has 5 nitrogen and oxygen atoms in total. The standard InChI is InChI=1S/C16H19N3O2/c1-3-11(2)19-14(12-7-5-4-6-8-12)10-9-13(16(19)21)15(20)18-17/h4-11H,3,17H2,1-2H3,(H,18,20). The van der Waals surface area contributed by atoms with Crippen LogP contribution in [0.25, 0.3) is 11.3 Å². The maximum atomic E-state index is 12.6. The molecule has 1 amide bonds. The highest BCUT2D eigenvalue weighted by atomic mass is 16.2. The molecule has 0 bridgehead atoms. The van der Waals surface area contributed by atoms with Gasteiger partial charge < -0.3 is 4.57 Å². The first kappa shape index (κ1) is 15.0. The van der Waals surface area contributed by atoms with E-state index in [0.29, 0.717) is 0 Å². The van der Waals surface area contributed by atoms with Gasteiger partial charge >= 0.3 is 0 Å². The van der Waals surface area contributed by atoms with Crippen molar-refractivity contribution in [2.45, 2.75) is 26.3 Å². The van der Waals surface area contributed by atoms with Crippen molar-refractivity contribution in [1.82, 2.24) is 9.99 Å². The molecule has 0 spiro atoms. The number of pyridine rings is 1. The van der Waals surface area contributed by atoms with E-state index in [4.69, 9.17) is 5.84 Å². The van der Waals surface area contributed by atoms with Crippen molar-refractivity contribution in [1.29, 1.82) is 0 Å². The Hall–Kier alpha value is -2.40. The van der Waals surface area contributed by atoms with E-state index in [0.717, 1.165) is 17.7 Å². The van der Waals surface area contributed by atoms with Gasteiger partial charge in [0.1, 0.15) is 5.56 Å². The first-order valence-corrected chi connectivity index (χ1v) is 6.92. The number of carbonyl (C=O) groups is 1. The Morgan fingerprint density at radius 1 is 1.24 bits per heavy atom. The van der Waals surface area contributed by atoms with E-state index < -0.39 is 5.91 Å². The summed E-state index contributed by atoms with van der Waals surface area (Å²) >= 11 is 0. The van der Waals surface area contributed by atoms with Crippen LogP contribution < -0.4 is 16.8 Å². The summed E-state index contributed by atoms with van der Waals surface area (Å²) in [5, 5.41) is 0. The average Bonchev–Trinajstić information content (AvgIpc) is 2.53. The number of nitrogens with two attached hydrogens (primary N) is 1. The Morgan fingerprint density at radius 3 is 2.48 bits per heavy atom. The minimum Gasteiger partial charge on any atom is -0.305 e. The lowest BCUT2D eigenvalue weighted by Crippen LogP contribution is -2.37. The van der Waals surface area contributed by atoms with Crippen LogP contribution in [0, 0.1) is 0 Å².